The Kier molecular flexibility index (Phi) is 3.69. The number of anilines is 1. The molecular formula is C15H16F2N4O. The molecule has 7 heteroatoms. The standard InChI is InChI=1S/C15H16F2N4O/c16-15(17)3-5-20(6-4-15)14(22)11-9-21(10-11)13-2-1-12(7-18)19-8-13/h1-2,8,11H,3-6,9-10H2. The van der Waals surface area contributed by atoms with Crippen LogP contribution in [0.2, 0.25) is 0 Å². The Morgan fingerprint density at radius 3 is 2.55 bits per heavy atom. The topological polar surface area (TPSA) is 60.2 Å². The quantitative estimate of drug-likeness (QED) is 0.833. The highest BCUT2D eigenvalue weighted by molar-refractivity contribution is 5.82. The maximum absolute atomic E-state index is 13.1. The maximum Gasteiger partial charge on any atom is 0.251 e. The van der Waals surface area contributed by atoms with Crippen molar-refractivity contribution in [2.45, 2.75) is 18.8 Å². The number of carbonyl (C=O) groups is 1. The number of nitriles is 1. The third-order valence-corrected chi connectivity index (χ3v) is 4.26. The van der Waals surface area contributed by atoms with Crippen molar-refractivity contribution in [3.05, 3.63) is 24.0 Å². The first kappa shape index (κ1) is 14.7. The van der Waals surface area contributed by atoms with Gasteiger partial charge in [-0.3, -0.25) is 4.79 Å². The van der Waals surface area contributed by atoms with Crippen molar-refractivity contribution < 1.29 is 13.6 Å². The highest BCUT2D eigenvalue weighted by Gasteiger charge is 2.40. The van der Waals surface area contributed by atoms with Gasteiger partial charge in [0.1, 0.15) is 11.8 Å². The summed E-state index contributed by atoms with van der Waals surface area (Å²) in [6, 6.07) is 5.39. The normalized spacial score (nSPS) is 21.1. The van der Waals surface area contributed by atoms with Gasteiger partial charge in [0, 0.05) is 39.0 Å². The fourth-order valence-corrected chi connectivity index (χ4v) is 2.80. The SMILES string of the molecule is N#Cc1ccc(N2CC(C(=O)N3CCC(F)(F)CC3)C2)cn1. The van der Waals surface area contributed by atoms with Crippen molar-refractivity contribution in [3.8, 4) is 6.07 Å². The fourth-order valence-electron chi connectivity index (χ4n) is 2.80. The highest BCUT2D eigenvalue weighted by Crippen LogP contribution is 2.30. The van der Waals surface area contributed by atoms with Crippen molar-refractivity contribution >= 4 is 11.6 Å². The number of carbonyl (C=O) groups excluding carboxylic acids is 1. The number of hydrogen-bond donors (Lipinski definition) is 0. The summed E-state index contributed by atoms with van der Waals surface area (Å²) in [6.45, 7) is 1.42. The van der Waals surface area contributed by atoms with Crippen LogP contribution in [0.15, 0.2) is 18.3 Å². The molecule has 0 N–H and O–H groups in total. The van der Waals surface area contributed by atoms with E-state index in [1.165, 1.54) is 0 Å². The minimum atomic E-state index is -2.63. The highest BCUT2D eigenvalue weighted by atomic mass is 19.3. The third kappa shape index (κ3) is 2.86. The molecule has 3 heterocycles. The maximum atomic E-state index is 13.1. The molecule has 0 bridgehead atoms. The minimum Gasteiger partial charge on any atom is -0.369 e. The van der Waals surface area contributed by atoms with E-state index in [1.54, 1.807) is 23.2 Å². The van der Waals surface area contributed by atoms with E-state index in [-0.39, 0.29) is 37.8 Å². The first-order valence-electron chi connectivity index (χ1n) is 7.26. The van der Waals surface area contributed by atoms with Crippen LogP contribution < -0.4 is 4.90 Å². The van der Waals surface area contributed by atoms with Crippen LogP contribution in [0.4, 0.5) is 14.5 Å². The summed E-state index contributed by atoms with van der Waals surface area (Å²) < 4.78 is 26.2. The molecule has 2 saturated heterocycles. The van der Waals surface area contributed by atoms with Gasteiger partial charge in [-0.2, -0.15) is 5.26 Å². The Morgan fingerprint density at radius 2 is 2.00 bits per heavy atom. The molecule has 116 valence electrons. The van der Waals surface area contributed by atoms with E-state index in [2.05, 4.69) is 4.98 Å². The van der Waals surface area contributed by atoms with Gasteiger partial charge in [-0.05, 0) is 12.1 Å². The zero-order chi connectivity index (χ0) is 15.7. The molecule has 0 atom stereocenters. The van der Waals surface area contributed by atoms with Crippen molar-refractivity contribution in [2.75, 3.05) is 31.1 Å². The van der Waals surface area contributed by atoms with Gasteiger partial charge in [0.05, 0.1) is 17.8 Å². The van der Waals surface area contributed by atoms with Crippen LogP contribution in [0.1, 0.15) is 18.5 Å². The number of likely N-dealkylation sites (tertiary alicyclic amines) is 1. The van der Waals surface area contributed by atoms with Gasteiger partial charge in [0.25, 0.3) is 5.92 Å². The van der Waals surface area contributed by atoms with E-state index in [0.29, 0.717) is 18.8 Å². The zero-order valence-corrected chi connectivity index (χ0v) is 12.0. The second-order valence-corrected chi connectivity index (χ2v) is 5.80. The van der Waals surface area contributed by atoms with Crippen LogP contribution >= 0.6 is 0 Å². The molecule has 2 aliphatic rings. The second-order valence-electron chi connectivity index (χ2n) is 5.80. The van der Waals surface area contributed by atoms with Crippen LogP contribution in [0, 0.1) is 17.2 Å². The predicted octanol–water partition coefficient (Wildman–Crippen LogP) is 1.65. The van der Waals surface area contributed by atoms with E-state index in [1.807, 2.05) is 11.0 Å². The lowest BCUT2D eigenvalue weighted by Crippen LogP contribution is -2.56. The van der Waals surface area contributed by atoms with Gasteiger partial charge in [-0.25, -0.2) is 13.8 Å². The largest absolute Gasteiger partial charge is 0.369 e. The molecule has 1 amide bonds. The second kappa shape index (κ2) is 5.52. The summed E-state index contributed by atoms with van der Waals surface area (Å²) in [7, 11) is 0. The molecule has 0 saturated carbocycles. The molecule has 3 rings (SSSR count). The molecule has 0 aromatic carbocycles. The lowest BCUT2D eigenvalue weighted by molar-refractivity contribution is -0.142. The molecule has 0 aliphatic carbocycles. The number of hydrogen-bond acceptors (Lipinski definition) is 4. The Labute approximate surface area is 127 Å². The summed E-state index contributed by atoms with van der Waals surface area (Å²) in [4.78, 5) is 19.8. The first-order valence-corrected chi connectivity index (χ1v) is 7.26. The van der Waals surface area contributed by atoms with Crippen molar-refractivity contribution in [1.29, 1.82) is 5.26 Å². The fraction of sp³-hybridized carbons (Fsp3) is 0.533. The Morgan fingerprint density at radius 1 is 1.32 bits per heavy atom. The molecule has 0 radical (unpaired) electrons. The van der Waals surface area contributed by atoms with Crippen LogP contribution in [-0.4, -0.2) is 47.9 Å². The van der Waals surface area contributed by atoms with Gasteiger partial charge in [0.15, 0.2) is 0 Å². The summed E-state index contributed by atoms with van der Waals surface area (Å²) in [5.74, 6) is -2.80. The lowest BCUT2D eigenvalue weighted by Gasteiger charge is -2.43. The Hall–Kier alpha value is -2.23. The van der Waals surface area contributed by atoms with E-state index in [0.717, 1.165) is 5.69 Å². The molecular weight excluding hydrogens is 290 g/mol. The number of nitrogens with zero attached hydrogens (tertiary/aromatic N) is 4. The summed E-state index contributed by atoms with van der Waals surface area (Å²) in [5, 5.41) is 8.70. The van der Waals surface area contributed by atoms with E-state index in [4.69, 9.17) is 5.26 Å². The minimum absolute atomic E-state index is 0.0339. The summed E-state index contributed by atoms with van der Waals surface area (Å²) in [5.41, 5.74) is 1.22. The Bertz CT molecular complexity index is 595. The van der Waals surface area contributed by atoms with E-state index < -0.39 is 5.92 Å². The molecule has 0 spiro atoms. The van der Waals surface area contributed by atoms with Gasteiger partial charge in [0.2, 0.25) is 5.91 Å². The van der Waals surface area contributed by atoms with Gasteiger partial charge in [-0.1, -0.05) is 0 Å². The van der Waals surface area contributed by atoms with Gasteiger partial charge in [-0.15, -0.1) is 0 Å². The van der Waals surface area contributed by atoms with E-state index >= 15 is 0 Å². The molecule has 1 aromatic heterocycles. The number of aromatic nitrogens is 1. The van der Waals surface area contributed by atoms with Crippen molar-refractivity contribution in [2.24, 2.45) is 5.92 Å². The third-order valence-electron chi connectivity index (χ3n) is 4.26. The molecule has 2 aliphatic heterocycles. The molecule has 22 heavy (non-hydrogen) atoms. The number of amides is 1. The first-order chi connectivity index (χ1) is 10.5. The number of halogens is 2. The average Bonchev–Trinajstić information content (AvgIpc) is 2.46. The predicted molar refractivity (Wildman–Crippen MR) is 75.4 cm³/mol. The molecule has 1 aromatic rings. The van der Waals surface area contributed by atoms with Crippen LogP contribution in [0.25, 0.3) is 0 Å². The summed E-state index contributed by atoms with van der Waals surface area (Å²) in [6.07, 6.45) is 1.13. The smallest absolute Gasteiger partial charge is 0.251 e. The van der Waals surface area contributed by atoms with Crippen LogP contribution in [-0.2, 0) is 4.79 Å². The van der Waals surface area contributed by atoms with Gasteiger partial charge >= 0.3 is 0 Å². The zero-order valence-electron chi connectivity index (χ0n) is 12.0. The summed E-state index contributed by atoms with van der Waals surface area (Å²) >= 11 is 0. The van der Waals surface area contributed by atoms with Gasteiger partial charge < -0.3 is 9.80 Å². The lowest BCUT2D eigenvalue weighted by atomic mass is 9.96. The monoisotopic (exact) mass is 306 g/mol. The number of piperidine rings is 1. The van der Waals surface area contributed by atoms with E-state index in [9.17, 15) is 13.6 Å². The Balaban J connectivity index is 1.52. The molecule has 2 fully saturated rings. The number of alkyl halides is 2. The number of pyridine rings is 1. The van der Waals surface area contributed by atoms with Crippen LogP contribution in [0.5, 0.6) is 0 Å². The molecule has 0 unspecified atom stereocenters. The molecule has 5 nitrogen and oxygen atoms in total. The number of rotatable bonds is 2. The van der Waals surface area contributed by atoms with Crippen molar-refractivity contribution in [3.63, 3.8) is 0 Å². The van der Waals surface area contributed by atoms with Crippen molar-refractivity contribution in [1.82, 2.24) is 9.88 Å². The average molecular weight is 306 g/mol. The van der Waals surface area contributed by atoms with Crippen LogP contribution in [0.3, 0.4) is 0 Å².